The van der Waals surface area contributed by atoms with E-state index in [4.69, 9.17) is 11.6 Å². The van der Waals surface area contributed by atoms with Crippen LogP contribution in [0.5, 0.6) is 0 Å². The van der Waals surface area contributed by atoms with Crippen molar-refractivity contribution in [3.05, 3.63) is 22.8 Å². The van der Waals surface area contributed by atoms with Crippen LogP contribution in [0.2, 0.25) is 0 Å². The van der Waals surface area contributed by atoms with Crippen LogP contribution in [0.15, 0.2) is 22.8 Å². The molecule has 0 aromatic carbocycles. The van der Waals surface area contributed by atoms with E-state index in [0.717, 1.165) is 0 Å². The van der Waals surface area contributed by atoms with Crippen molar-refractivity contribution in [3.8, 4) is 0 Å². The lowest BCUT2D eigenvalue weighted by Crippen LogP contribution is -2.54. The Morgan fingerprint density at radius 1 is 1.32 bits per heavy atom. The molecule has 1 aliphatic carbocycles. The second-order valence-corrected chi connectivity index (χ2v) is 7.55. The fourth-order valence-electron chi connectivity index (χ4n) is 3.32. The van der Waals surface area contributed by atoms with Crippen LogP contribution >= 0.6 is 11.6 Å². The Labute approximate surface area is 152 Å². The first-order valence-corrected chi connectivity index (χ1v) is 9.00. The molecule has 0 spiro atoms. The van der Waals surface area contributed by atoms with E-state index in [2.05, 4.69) is 5.32 Å². The molecule has 2 amide bonds. The number of allylic oxidation sites excluding steroid dienone is 3. The van der Waals surface area contributed by atoms with E-state index in [1.807, 2.05) is 20.8 Å². The number of hydrogen-bond donors (Lipinski definition) is 2. The van der Waals surface area contributed by atoms with Gasteiger partial charge in [-0.1, -0.05) is 38.4 Å². The number of halogens is 1. The van der Waals surface area contributed by atoms with Gasteiger partial charge in [-0.15, -0.1) is 0 Å². The standard InChI is InChI=1S/C18H25ClN2O4/c1-10(2)15(17(23)21-8-4-5-14(21)18(24)25)20-16(22)13-7-6-12(19)9-11(13)3/h6-7,10-11,14-15H,4-5,8-9H2,1-3H3,(H,20,22)(H,24,25)/t11?,14-,15-/m0/s1. The average Bonchev–Trinajstić information content (AvgIpc) is 3.01. The minimum absolute atomic E-state index is 0.0287. The Morgan fingerprint density at radius 2 is 2.00 bits per heavy atom. The van der Waals surface area contributed by atoms with Gasteiger partial charge < -0.3 is 15.3 Å². The van der Waals surface area contributed by atoms with E-state index in [1.54, 1.807) is 12.2 Å². The van der Waals surface area contributed by atoms with Gasteiger partial charge in [-0.3, -0.25) is 9.59 Å². The summed E-state index contributed by atoms with van der Waals surface area (Å²) in [7, 11) is 0. The first-order valence-electron chi connectivity index (χ1n) is 8.62. The van der Waals surface area contributed by atoms with Gasteiger partial charge >= 0.3 is 5.97 Å². The zero-order valence-corrected chi connectivity index (χ0v) is 15.5. The van der Waals surface area contributed by atoms with Gasteiger partial charge in [0.1, 0.15) is 12.1 Å². The molecular formula is C18H25ClN2O4. The molecule has 7 heteroatoms. The maximum Gasteiger partial charge on any atom is 0.326 e. The summed E-state index contributed by atoms with van der Waals surface area (Å²) in [5.74, 6) is -1.80. The first-order chi connectivity index (χ1) is 11.7. The van der Waals surface area contributed by atoms with Crippen LogP contribution in [-0.4, -0.2) is 46.4 Å². The van der Waals surface area contributed by atoms with Crippen LogP contribution in [0.25, 0.3) is 0 Å². The maximum atomic E-state index is 12.8. The summed E-state index contributed by atoms with van der Waals surface area (Å²) in [6.45, 7) is 5.99. The molecule has 25 heavy (non-hydrogen) atoms. The van der Waals surface area contributed by atoms with Crippen molar-refractivity contribution in [2.24, 2.45) is 11.8 Å². The van der Waals surface area contributed by atoms with Gasteiger partial charge in [0.25, 0.3) is 0 Å². The number of likely N-dealkylation sites (tertiary alicyclic amines) is 1. The summed E-state index contributed by atoms with van der Waals surface area (Å²) in [6, 6.07) is -1.55. The number of carboxylic acids is 1. The molecular weight excluding hydrogens is 344 g/mol. The molecule has 1 heterocycles. The van der Waals surface area contributed by atoms with Gasteiger partial charge in [-0.2, -0.15) is 0 Å². The molecule has 0 saturated carbocycles. The van der Waals surface area contributed by atoms with Crippen LogP contribution in [0.1, 0.15) is 40.0 Å². The Kier molecular flexibility index (Phi) is 6.27. The molecule has 138 valence electrons. The molecule has 2 N–H and O–H groups in total. The number of aliphatic carboxylic acids is 1. The van der Waals surface area contributed by atoms with Gasteiger partial charge in [-0.25, -0.2) is 4.79 Å². The molecule has 0 radical (unpaired) electrons. The highest BCUT2D eigenvalue weighted by molar-refractivity contribution is 6.29. The zero-order valence-electron chi connectivity index (χ0n) is 14.8. The number of carbonyl (C=O) groups is 3. The molecule has 1 aliphatic heterocycles. The normalized spacial score (nSPS) is 24.6. The van der Waals surface area contributed by atoms with Crippen molar-refractivity contribution in [1.29, 1.82) is 0 Å². The van der Waals surface area contributed by atoms with Gasteiger partial charge in [-0.05, 0) is 37.2 Å². The van der Waals surface area contributed by atoms with E-state index in [-0.39, 0.29) is 23.7 Å². The van der Waals surface area contributed by atoms with E-state index in [0.29, 0.717) is 36.4 Å². The number of amides is 2. The predicted octanol–water partition coefficient (Wildman–Crippen LogP) is 2.29. The van der Waals surface area contributed by atoms with Crippen LogP contribution < -0.4 is 5.32 Å². The number of nitrogens with zero attached hydrogens (tertiary/aromatic N) is 1. The minimum Gasteiger partial charge on any atom is -0.480 e. The molecule has 1 saturated heterocycles. The summed E-state index contributed by atoms with van der Waals surface area (Å²) in [6.07, 6.45) is 5.08. The predicted molar refractivity (Wildman–Crippen MR) is 94.9 cm³/mol. The number of nitrogens with one attached hydrogen (secondary N) is 1. The molecule has 1 fully saturated rings. The smallest absolute Gasteiger partial charge is 0.326 e. The number of hydrogen-bond acceptors (Lipinski definition) is 3. The van der Waals surface area contributed by atoms with Crippen LogP contribution in [0.3, 0.4) is 0 Å². The number of carboxylic acid groups (broad SMARTS) is 1. The van der Waals surface area contributed by atoms with Gasteiger partial charge in [0, 0.05) is 17.2 Å². The number of rotatable bonds is 5. The van der Waals surface area contributed by atoms with E-state index < -0.39 is 18.1 Å². The molecule has 0 aromatic rings. The van der Waals surface area contributed by atoms with Crippen molar-refractivity contribution in [2.45, 2.75) is 52.1 Å². The third-order valence-corrected chi connectivity index (χ3v) is 5.06. The largest absolute Gasteiger partial charge is 0.480 e. The highest BCUT2D eigenvalue weighted by atomic mass is 35.5. The number of carbonyl (C=O) groups excluding carboxylic acids is 2. The first kappa shape index (κ1) is 19.5. The monoisotopic (exact) mass is 368 g/mol. The average molecular weight is 369 g/mol. The second kappa shape index (κ2) is 8.04. The lowest BCUT2D eigenvalue weighted by molar-refractivity contribution is -0.149. The summed E-state index contributed by atoms with van der Waals surface area (Å²) < 4.78 is 0. The van der Waals surface area contributed by atoms with Crippen LogP contribution in [0.4, 0.5) is 0 Å². The van der Waals surface area contributed by atoms with E-state index in [9.17, 15) is 19.5 Å². The summed E-state index contributed by atoms with van der Waals surface area (Å²) >= 11 is 5.99. The highest BCUT2D eigenvalue weighted by Gasteiger charge is 2.39. The van der Waals surface area contributed by atoms with E-state index in [1.165, 1.54) is 4.90 Å². The highest BCUT2D eigenvalue weighted by Crippen LogP contribution is 2.27. The van der Waals surface area contributed by atoms with Crippen molar-refractivity contribution < 1.29 is 19.5 Å². The van der Waals surface area contributed by atoms with Gasteiger partial charge in [0.05, 0.1) is 0 Å². The van der Waals surface area contributed by atoms with Crippen LogP contribution in [0, 0.1) is 11.8 Å². The lowest BCUT2D eigenvalue weighted by Gasteiger charge is -2.30. The molecule has 0 aromatic heterocycles. The Hall–Kier alpha value is -1.82. The fourth-order valence-corrected chi connectivity index (χ4v) is 3.61. The summed E-state index contributed by atoms with van der Waals surface area (Å²) in [5.41, 5.74) is 0.582. The van der Waals surface area contributed by atoms with Crippen molar-refractivity contribution in [3.63, 3.8) is 0 Å². The Bertz CT molecular complexity index is 627. The molecule has 2 aliphatic rings. The van der Waals surface area contributed by atoms with Crippen molar-refractivity contribution in [1.82, 2.24) is 10.2 Å². The molecule has 0 bridgehead atoms. The SMILES string of the molecule is CC1CC(Cl)=CC=C1C(=O)N[C@H](C(=O)N1CCC[C@H]1C(=O)O)C(C)C. The lowest BCUT2D eigenvalue weighted by atomic mass is 9.91. The third kappa shape index (κ3) is 4.42. The molecule has 6 nitrogen and oxygen atoms in total. The zero-order chi connectivity index (χ0) is 18.7. The quantitative estimate of drug-likeness (QED) is 0.779. The summed E-state index contributed by atoms with van der Waals surface area (Å²) in [4.78, 5) is 38.2. The summed E-state index contributed by atoms with van der Waals surface area (Å²) in [5, 5.41) is 12.8. The van der Waals surface area contributed by atoms with Gasteiger partial charge in [0.15, 0.2) is 0 Å². The van der Waals surface area contributed by atoms with Gasteiger partial charge in [0.2, 0.25) is 11.8 Å². The van der Waals surface area contributed by atoms with Crippen molar-refractivity contribution >= 4 is 29.4 Å². The molecule has 3 atom stereocenters. The molecule has 2 rings (SSSR count). The topological polar surface area (TPSA) is 86.7 Å². The Morgan fingerprint density at radius 3 is 2.56 bits per heavy atom. The maximum absolute atomic E-state index is 12.8. The Balaban J connectivity index is 2.14. The van der Waals surface area contributed by atoms with Crippen LogP contribution in [-0.2, 0) is 14.4 Å². The third-order valence-electron chi connectivity index (χ3n) is 4.78. The molecule has 1 unspecified atom stereocenters. The van der Waals surface area contributed by atoms with Crippen molar-refractivity contribution in [2.75, 3.05) is 6.54 Å². The fraction of sp³-hybridized carbons (Fsp3) is 0.611. The minimum atomic E-state index is -0.997. The second-order valence-electron chi connectivity index (χ2n) is 7.06. The van der Waals surface area contributed by atoms with E-state index >= 15 is 0 Å².